The van der Waals surface area contributed by atoms with Gasteiger partial charge in [-0.1, -0.05) is 43.7 Å². The zero-order chi connectivity index (χ0) is 18.4. The van der Waals surface area contributed by atoms with Crippen LogP contribution < -0.4 is 0 Å². The summed E-state index contributed by atoms with van der Waals surface area (Å²) in [6.45, 7) is 3.25. The third kappa shape index (κ3) is 4.73. The van der Waals surface area contributed by atoms with Gasteiger partial charge in [-0.3, -0.25) is 14.9 Å². The predicted octanol–water partition coefficient (Wildman–Crippen LogP) is 3.90. The molecule has 0 spiro atoms. The Kier molecular flexibility index (Phi) is 6.00. The third-order valence-electron chi connectivity index (χ3n) is 3.79. The number of nitro groups is 1. The van der Waals surface area contributed by atoms with Crippen LogP contribution >= 0.6 is 0 Å². The van der Waals surface area contributed by atoms with Crippen LogP contribution in [0.25, 0.3) is 0 Å². The lowest BCUT2D eigenvalue weighted by molar-refractivity contribution is -0.385. The number of carbonyl (C=O) groups is 2. The highest BCUT2D eigenvalue weighted by atomic mass is 16.6. The molecule has 2 aromatic carbocycles. The van der Waals surface area contributed by atoms with Crippen molar-refractivity contribution in [2.75, 3.05) is 6.61 Å². The van der Waals surface area contributed by atoms with E-state index in [1.54, 1.807) is 19.1 Å². The van der Waals surface area contributed by atoms with E-state index in [1.165, 1.54) is 12.1 Å². The number of carbonyl (C=O) groups excluding carboxylic acids is 2. The van der Waals surface area contributed by atoms with Gasteiger partial charge in [0.2, 0.25) is 0 Å². The fourth-order valence-electron chi connectivity index (χ4n) is 2.38. The molecule has 2 rings (SSSR count). The van der Waals surface area contributed by atoms with E-state index in [4.69, 9.17) is 4.74 Å². The second-order valence-corrected chi connectivity index (χ2v) is 5.70. The lowest BCUT2D eigenvalue weighted by Gasteiger charge is -2.06. The number of ether oxygens (including phenoxy) is 1. The number of ketones is 1. The average molecular weight is 341 g/mol. The van der Waals surface area contributed by atoms with Crippen LogP contribution in [0.5, 0.6) is 0 Å². The van der Waals surface area contributed by atoms with E-state index in [2.05, 4.69) is 6.92 Å². The molecule has 0 amide bonds. The normalized spacial score (nSPS) is 10.3. The molecule has 2 aromatic rings. The van der Waals surface area contributed by atoms with Crippen LogP contribution in [0.15, 0.2) is 42.5 Å². The van der Waals surface area contributed by atoms with Gasteiger partial charge in [0.1, 0.15) is 0 Å². The number of benzene rings is 2. The smallest absolute Gasteiger partial charge is 0.338 e. The molecule has 0 N–H and O–H groups in total. The summed E-state index contributed by atoms with van der Waals surface area (Å²) in [5.74, 6) is -1.09. The number of aryl methyl sites for hydroxylation is 2. The summed E-state index contributed by atoms with van der Waals surface area (Å²) < 4.78 is 4.99. The van der Waals surface area contributed by atoms with Crippen molar-refractivity contribution in [3.8, 4) is 0 Å². The molecule has 0 aliphatic carbocycles. The fraction of sp³-hybridized carbons (Fsp3) is 0.263. The Balaban J connectivity index is 2.00. The molecule has 0 bridgehead atoms. The second kappa shape index (κ2) is 8.19. The summed E-state index contributed by atoms with van der Waals surface area (Å²) in [4.78, 5) is 34.5. The SMILES string of the molecule is CCCc1ccc(C(=O)COC(=O)c2ccc(C)c([N+](=O)[O-])c2)cc1. The van der Waals surface area contributed by atoms with E-state index in [1.807, 2.05) is 12.1 Å². The Morgan fingerprint density at radius 3 is 2.32 bits per heavy atom. The monoisotopic (exact) mass is 341 g/mol. The van der Waals surface area contributed by atoms with Gasteiger partial charge >= 0.3 is 5.97 Å². The first kappa shape index (κ1) is 18.3. The molecule has 6 heteroatoms. The van der Waals surface area contributed by atoms with Gasteiger partial charge in [0.25, 0.3) is 5.69 Å². The van der Waals surface area contributed by atoms with E-state index in [9.17, 15) is 19.7 Å². The minimum absolute atomic E-state index is 0.0448. The first-order chi connectivity index (χ1) is 11.9. The summed E-state index contributed by atoms with van der Waals surface area (Å²) in [6, 6.07) is 11.2. The Morgan fingerprint density at radius 2 is 1.72 bits per heavy atom. The van der Waals surface area contributed by atoms with Crippen LogP contribution in [0.2, 0.25) is 0 Å². The zero-order valence-corrected chi connectivity index (χ0v) is 14.2. The molecule has 0 saturated heterocycles. The minimum atomic E-state index is -0.765. The first-order valence-corrected chi connectivity index (χ1v) is 7.96. The van der Waals surface area contributed by atoms with Crippen LogP contribution in [0.4, 0.5) is 5.69 Å². The fourth-order valence-corrected chi connectivity index (χ4v) is 2.38. The Hall–Kier alpha value is -3.02. The van der Waals surface area contributed by atoms with E-state index >= 15 is 0 Å². The van der Waals surface area contributed by atoms with Crippen LogP contribution in [0.3, 0.4) is 0 Å². The molecule has 130 valence electrons. The maximum absolute atomic E-state index is 12.1. The summed E-state index contributed by atoms with van der Waals surface area (Å²) in [6.07, 6.45) is 1.96. The van der Waals surface area contributed by atoms with Gasteiger partial charge in [0.15, 0.2) is 12.4 Å². The van der Waals surface area contributed by atoms with E-state index in [-0.39, 0.29) is 17.0 Å². The molecule has 25 heavy (non-hydrogen) atoms. The molecule has 0 heterocycles. The molecule has 0 saturated carbocycles. The van der Waals surface area contributed by atoms with Gasteiger partial charge < -0.3 is 4.74 Å². The van der Waals surface area contributed by atoms with Crippen molar-refractivity contribution in [2.24, 2.45) is 0 Å². The van der Waals surface area contributed by atoms with Gasteiger partial charge in [-0.2, -0.15) is 0 Å². The number of esters is 1. The van der Waals surface area contributed by atoms with Crippen molar-refractivity contribution in [1.29, 1.82) is 0 Å². The van der Waals surface area contributed by atoms with Crippen molar-refractivity contribution >= 4 is 17.4 Å². The van der Waals surface area contributed by atoms with Crippen molar-refractivity contribution in [1.82, 2.24) is 0 Å². The van der Waals surface area contributed by atoms with Crippen LogP contribution in [-0.2, 0) is 11.2 Å². The standard InChI is InChI=1S/C19H19NO5/c1-3-4-14-6-9-15(10-7-14)18(21)12-25-19(22)16-8-5-13(2)17(11-16)20(23)24/h5-11H,3-4,12H2,1-2H3. The highest BCUT2D eigenvalue weighted by molar-refractivity contribution is 5.99. The molecular formula is C19H19NO5. The zero-order valence-electron chi connectivity index (χ0n) is 14.2. The first-order valence-electron chi connectivity index (χ1n) is 7.96. The summed E-state index contributed by atoms with van der Waals surface area (Å²) in [5, 5.41) is 10.9. The highest BCUT2D eigenvalue weighted by Crippen LogP contribution is 2.19. The van der Waals surface area contributed by atoms with Crippen molar-refractivity contribution in [2.45, 2.75) is 26.7 Å². The van der Waals surface area contributed by atoms with Gasteiger partial charge in [-0.05, 0) is 25.0 Å². The third-order valence-corrected chi connectivity index (χ3v) is 3.79. The van der Waals surface area contributed by atoms with Crippen LogP contribution in [-0.4, -0.2) is 23.3 Å². The van der Waals surface area contributed by atoms with E-state index in [0.717, 1.165) is 24.5 Å². The lowest BCUT2D eigenvalue weighted by Crippen LogP contribution is -2.14. The lowest BCUT2D eigenvalue weighted by atomic mass is 10.1. The molecule has 0 aliphatic heterocycles. The maximum Gasteiger partial charge on any atom is 0.338 e. The molecule has 0 radical (unpaired) electrons. The van der Waals surface area contributed by atoms with Gasteiger partial charge in [-0.25, -0.2) is 4.79 Å². The number of Topliss-reactive ketones (excluding diaryl/α,β-unsaturated/α-hetero) is 1. The molecule has 6 nitrogen and oxygen atoms in total. The molecule has 0 aliphatic rings. The summed E-state index contributed by atoms with van der Waals surface area (Å²) in [5.41, 5.74) is 1.94. The number of nitro benzene ring substituents is 1. The van der Waals surface area contributed by atoms with Crippen molar-refractivity contribution < 1.29 is 19.2 Å². The predicted molar refractivity (Wildman–Crippen MR) is 92.9 cm³/mol. The number of rotatable bonds is 7. The topological polar surface area (TPSA) is 86.5 Å². The van der Waals surface area contributed by atoms with Crippen LogP contribution in [0.1, 0.15) is 45.2 Å². The van der Waals surface area contributed by atoms with E-state index in [0.29, 0.717) is 11.1 Å². The second-order valence-electron chi connectivity index (χ2n) is 5.70. The molecule has 0 fully saturated rings. The Bertz CT molecular complexity index is 796. The van der Waals surface area contributed by atoms with Gasteiger partial charge in [0, 0.05) is 17.2 Å². The van der Waals surface area contributed by atoms with Gasteiger partial charge in [-0.15, -0.1) is 0 Å². The van der Waals surface area contributed by atoms with Crippen LogP contribution in [0, 0.1) is 17.0 Å². The Morgan fingerprint density at radius 1 is 1.08 bits per heavy atom. The molecule has 0 atom stereocenters. The Labute approximate surface area is 145 Å². The molecular weight excluding hydrogens is 322 g/mol. The maximum atomic E-state index is 12.1. The molecule has 0 aromatic heterocycles. The van der Waals surface area contributed by atoms with Crippen molar-refractivity contribution in [3.63, 3.8) is 0 Å². The van der Waals surface area contributed by atoms with Gasteiger partial charge in [0.05, 0.1) is 10.5 Å². The largest absolute Gasteiger partial charge is 0.454 e. The number of hydrogen-bond acceptors (Lipinski definition) is 5. The number of hydrogen-bond donors (Lipinski definition) is 0. The average Bonchev–Trinajstić information content (AvgIpc) is 2.60. The molecule has 0 unspecified atom stereocenters. The highest BCUT2D eigenvalue weighted by Gasteiger charge is 2.17. The minimum Gasteiger partial charge on any atom is -0.454 e. The summed E-state index contributed by atoms with van der Waals surface area (Å²) in [7, 11) is 0. The summed E-state index contributed by atoms with van der Waals surface area (Å²) >= 11 is 0. The quantitative estimate of drug-likeness (QED) is 0.330. The number of nitrogens with zero attached hydrogens (tertiary/aromatic N) is 1. The van der Waals surface area contributed by atoms with Crippen molar-refractivity contribution in [3.05, 3.63) is 74.8 Å². The van der Waals surface area contributed by atoms with E-state index < -0.39 is 17.5 Å².